The highest BCUT2D eigenvalue weighted by atomic mass is 35.5. The summed E-state index contributed by atoms with van der Waals surface area (Å²) >= 11 is 5.95. The van der Waals surface area contributed by atoms with Crippen LogP contribution in [-0.2, 0) is 4.74 Å². The van der Waals surface area contributed by atoms with Crippen molar-refractivity contribution in [1.29, 1.82) is 0 Å². The Balaban J connectivity index is 1.90. The first kappa shape index (κ1) is 16.7. The van der Waals surface area contributed by atoms with Crippen LogP contribution >= 0.6 is 11.6 Å². The summed E-state index contributed by atoms with van der Waals surface area (Å²) in [5, 5.41) is 20.2. The van der Waals surface area contributed by atoms with Crippen molar-refractivity contribution in [2.24, 2.45) is 0 Å². The first-order valence-electron chi connectivity index (χ1n) is 7.34. The summed E-state index contributed by atoms with van der Waals surface area (Å²) in [6.07, 6.45) is -0.0477. The molecule has 0 aromatic heterocycles. The lowest BCUT2D eigenvalue weighted by Crippen LogP contribution is -2.54. The summed E-state index contributed by atoms with van der Waals surface area (Å²) < 4.78 is 5.79. The van der Waals surface area contributed by atoms with Crippen LogP contribution in [0.2, 0.25) is 5.02 Å². The van der Waals surface area contributed by atoms with Gasteiger partial charge in [-0.15, -0.1) is 0 Å². The maximum atomic E-state index is 10.3. The van der Waals surface area contributed by atoms with Crippen molar-refractivity contribution in [1.82, 2.24) is 4.90 Å². The van der Waals surface area contributed by atoms with Crippen molar-refractivity contribution in [3.63, 3.8) is 0 Å². The van der Waals surface area contributed by atoms with Crippen LogP contribution in [0.4, 0.5) is 0 Å². The summed E-state index contributed by atoms with van der Waals surface area (Å²) in [5.74, 6) is 0. The van der Waals surface area contributed by atoms with E-state index in [2.05, 4.69) is 4.90 Å². The molecule has 1 aromatic rings. The zero-order valence-corrected chi connectivity index (χ0v) is 13.4. The second-order valence-corrected chi connectivity index (χ2v) is 6.71. The van der Waals surface area contributed by atoms with E-state index in [1.54, 1.807) is 12.1 Å². The summed E-state index contributed by atoms with van der Waals surface area (Å²) in [6, 6.07) is 7.33. The average molecular weight is 314 g/mol. The zero-order valence-electron chi connectivity index (χ0n) is 12.6. The van der Waals surface area contributed by atoms with Crippen LogP contribution in [0, 0.1) is 0 Å². The smallest absolute Gasteiger partial charge is 0.0940 e. The van der Waals surface area contributed by atoms with E-state index >= 15 is 0 Å². The number of morpholine rings is 1. The van der Waals surface area contributed by atoms with Crippen molar-refractivity contribution < 1.29 is 14.9 Å². The van der Waals surface area contributed by atoms with Crippen LogP contribution in [-0.4, -0.2) is 53.1 Å². The third-order valence-corrected chi connectivity index (χ3v) is 3.94. The third-order valence-electron chi connectivity index (χ3n) is 3.71. The molecule has 5 heteroatoms. The van der Waals surface area contributed by atoms with E-state index in [0.29, 0.717) is 18.0 Å². The van der Waals surface area contributed by atoms with E-state index in [4.69, 9.17) is 16.3 Å². The Hall–Kier alpha value is -0.650. The molecule has 2 rings (SSSR count). The van der Waals surface area contributed by atoms with Gasteiger partial charge in [-0.3, -0.25) is 4.90 Å². The van der Waals surface area contributed by atoms with Gasteiger partial charge in [0.05, 0.1) is 24.4 Å². The van der Waals surface area contributed by atoms with E-state index in [1.807, 2.05) is 26.0 Å². The Labute approximate surface area is 131 Å². The first-order valence-corrected chi connectivity index (χ1v) is 7.72. The molecular weight excluding hydrogens is 290 g/mol. The topological polar surface area (TPSA) is 52.9 Å². The quantitative estimate of drug-likeness (QED) is 0.875. The molecule has 1 heterocycles. The molecular formula is C16H24ClNO3. The Kier molecular flexibility index (Phi) is 5.63. The summed E-state index contributed by atoms with van der Waals surface area (Å²) in [7, 11) is 0. The van der Waals surface area contributed by atoms with Gasteiger partial charge in [0.25, 0.3) is 0 Å². The van der Waals surface area contributed by atoms with Gasteiger partial charge in [-0.05, 0) is 38.0 Å². The third kappa shape index (κ3) is 4.94. The molecule has 0 radical (unpaired) electrons. The predicted octanol–water partition coefficient (Wildman–Crippen LogP) is 2.24. The lowest BCUT2D eigenvalue weighted by atomic mass is 10.0. The molecule has 1 aliphatic heterocycles. The lowest BCUT2D eigenvalue weighted by Gasteiger charge is -2.42. The molecule has 1 aromatic carbocycles. The second-order valence-electron chi connectivity index (χ2n) is 6.28. The largest absolute Gasteiger partial charge is 0.394 e. The molecule has 1 fully saturated rings. The SMILES string of the molecule is CC1(C)CN(CCC(O)c2cccc(Cl)c2)CC(CO)O1. The Morgan fingerprint density at radius 2 is 2.24 bits per heavy atom. The van der Waals surface area contributed by atoms with E-state index in [9.17, 15) is 10.2 Å². The fourth-order valence-electron chi connectivity index (χ4n) is 2.87. The molecule has 4 nitrogen and oxygen atoms in total. The maximum absolute atomic E-state index is 10.3. The fraction of sp³-hybridized carbons (Fsp3) is 0.625. The van der Waals surface area contributed by atoms with Gasteiger partial charge in [-0.25, -0.2) is 0 Å². The van der Waals surface area contributed by atoms with Gasteiger partial charge in [0.2, 0.25) is 0 Å². The summed E-state index contributed by atoms with van der Waals surface area (Å²) in [6.45, 7) is 6.33. The van der Waals surface area contributed by atoms with Crippen LogP contribution in [0.15, 0.2) is 24.3 Å². The standard InChI is InChI=1S/C16H24ClNO3/c1-16(2)11-18(9-14(10-19)21-16)7-6-15(20)12-4-3-5-13(17)8-12/h3-5,8,14-15,19-20H,6-7,9-11H2,1-2H3. The predicted molar refractivity (Wildman–Crippen MR) is 83.5 cm³/mol. The van der Waals surface area contributed by atoms with E-state index in [1.165, 1.54) is 0 Å². The highest BCUT2D eigenvalue weighted by Gasteiger charge is 2.32. The van der Waals surface area contributed by atoms with Gasteiger partial charge in [0.15, 0.2) is 0 Å². The number of aliphatic hydroxyl groups excluding tert-OH is 2. The maximum Gasteiger partial charge on any atom is 0.0940 e. The van der Waals surface area contributed by atoms with E-state index in [-0.39, 0.29) is 18.3 Å². The number of aliphatic hydroxyl groups is 2. The van der Waals surface area contributed by atoms with Crippen LogP contribution < -0.4 is 0 Å². The molecule has 1 aliphatic rings. The molecule has 118 valence electrons. The molecule has 0 spiro atoms. The fourth-order valence-corrected chi connectivity index (χ4v) is 3.07. The summed E-state index contributed by atoms with van der Waals surface area (Å²) in [4.78, 5) is 2.23. The van der Waals surface area contributed by atoms with Gasteiger partial charge in [0, 0.05) is 24.7 Å². The van der Waals surface area contributed by atoms with Crippen LogP contribution in [0.1, 0.15) is 31.9 Å². The minimum absolute atomic E-state index is 0.0246. The number of rotatable bonds is 5. The van der Waals surface area contributed by atoms with Crippen molar-refractivity contribution in [2.75, 3.05) is 26.2 Å². The number of ether oxygens (including phenoxy) is 1. The number of nitrogens with zero attached hydrogens (tertiary/aromatic N) is 1. The minimum atomic E-state index is -0.526. The molecule has 0 amide bonds. The van der Waals surface area contributed by atoms with Gasteiger partial charge >= 0.3 is 0 Å². The minimum Gasteiger partial charge on any atom is -0.394 e. The zero-order chi connectivity index (χ0) is 15.5. The summed E-state index contributed by atoms with van der Waals surface area (Å²) in [5.41, 5.74) is 0.570. The van der Waals surface area contributed by atoms with E-state index < -0.39 is 6.10 Å². The van der Waals surface area contributed by atoms with Crippen molar-refractivity contribution >= 4 is 11.6 Å². The van der Waals surface area contributed by atoms with Crippen LogP contribution in [0.5, 0.6) is 0 Å². The van der Waals surface area contributed by atoms with Crippen LogP contribution in [0.3, 0.4) is 0 Å². The second kappa shape index (κ2) is 7.07. The number of hydrogen-bond acceptors (Lipinski definition) is 4. The molecule has 2 unspecified atom stereocenters. The first-order chi connectivity index (χ1) is 9.89. The van der Waals surface area contributed by atoms with E-state index in [0.717, 1.165) is 18.7 Å². The Bertz CT molecular complexity index is 467. The van der Waals surface area contributed by atoms with Crippen molar-refractivity contribution in [3.05, 3.63) is 34.9 Å². The monoisotopic (exact) mass is 313 g/mol. The van der Waals surface area contributed by atoms with Gasteiger partial charge in [0.1, 0.15) is 0 Å². The average Bonchev–Trinajstić information content (AvgIpc) is 2.43. The van der Waals surface area contributed by atoms with Crippen molar-refractivity contribution in [2.45, 2.75) is 38.1 Å². The highest BCUT2D eigenvalue weighted by Crippen LogP contribution is 2.24. The van der Waals surface area contributed by atoms with Gasteiger partial charge in [-0.2, -0.15) is 0 Å². The lowest BCUT2D eigenvalue weighted by molar-refractivity contribution is -0.149. The molecule has 0 saturated carbocycles. The Morgan fingerprint density at radius 3 is 2.90 bits per heavy atom. The normalized spacial score (nSPS) is 24.0. The van der Waals surface area contributed by atoms with Crippen LogP contribution in [0.25, 0.3) is 0 Å². The van der Waals surface area contributed by atoms with Crippen molar-refractivity contribution in [3.8, 4) is 0 Å². The molecule has 2 N–H and O–H groups in total. The number of hydrogen-bond donors (Lipinski definition) is 2. The molecule has 1 saturated heterocycles. The molecule has 0 bridgehead atoms. The molecule has 21 heavy (non-hydrogen) atoms. The molecule has 0 aliphatic carbocycles. The Morgan fingerprint density at radius 1 is 1.48 bits per heavy atom. The van der Waals surface area contributed by atoms with Gasteiger partial charge in [-0.1, -0.05) is 23.7 Å². The number of halogens is 1. The van der Waals surface area contributed by atoms with Gasteiger partial charge < -0.3 is 14.9 Å². The molecule has 2 atom stereocenters. The number of benzene rings is 1. The highest BCUT2D eigenvalue weighted by molar-refractivity contribution is 6.30.